The van der Waals surface area contributed by atoms with Gasteiger partial charge in [0.2, 0.25) is 0 Å². The van der Waals surface area contributed by atoms with E-state index in [-0.39, 0.29) is 5.97 Å². The molecule has 1 aromatic heterocycles. The molecule has 0 saturated carbocycles. The first kappa shape index (κ1) is 13.6. The average molecular weight is 276 g/mol. The minimum Gasteiger partial charge on any atom is -0.497 e. The molecule has 0 aliphatic rings. The van der Waals surface area contributed by atoms with E-state index < -0.39 is 0 Å². The highest BCUT2D eigenvalue weighted by Gasteiger charge is 2.19. The number of ether oxygens (including phenoxy) is 2. The summed E-state index contributed by atoms with van der Waals surface area (Å²) < 4.78 is 10.1. The van der Waals surface area contributed by atoms with Gasteiger partial charge >= 0.3 is 5.97 Å². The Morgan fingerprint density at radius 3 is 2.47 bits per heavy atom. The highest BCUT2D eigenvalue weighted by atomic mass is 32.1. The smallest absolute Gasteiger partial charge is 0.348 e. The normalized spacial score (nSPS) is 10.3. The van der Waals surface area contributed by atoms with E-state index in [0.717, 1.165) is 28.0 Å². The first-order chi connectivity index (χ1) is 9.08. The van der Waals surface area contributed by atoms with Gasteiger partial charge in [-0.25, -0.2) is 4.79 Å². The molecule has 19 heavy (non-hydrogen) atoms. The fourth-order valence-electron chi connectivity index (χ4n) is 2.07. The number of aryl methyl sites for hydroxylation is 2. The molecule has 0 N–H and O–H groups in total. The molecule has 1 aromatic carbocycles. The molecule has 0 spiro atoms. The minimum atomic E-state index is -0.289. The Hall–Kier alpha value is -1.81. The van der Waals surface area contributed by atoms with Gasteiger partial charge in [-0.1, -0.05) is 6.07 Å². The lowest BCUT2D eigenvalue weighted by Gasteiger charge is -2.10. The maximum absolute atomic E-state index is 11.8. The van der Waals surface area contributed by atoms with Crippen LogP contribution in [0.1, 0.15) is 20.8 Å². The summed E-state index contributed by atoms with van der Waals surface area (Å²) in [6.07, 6.45) is 0. The SMILES string of the molecule is COC(=O)c1scc(C)c1-c1ccc(OC)cc1C. The second-order valence-electron chi connectivity index (χ2n) is 4.30. The first-order valence-electron chi connectivity index (χ1n) is 5.90. The molecule has 0 fully saturated rings. The number of esters is 1. The predicted molar refractivity (Wildman–Crippen MR) is 77.1 cm³/mol. The second kappa shape index (κ2) is 5.45. The molecule has 0 unspecified atom stereocenters. The number of benzene rings is 1. The van der Waals surface area contributed by atoms with E-state index in [1.807, 2.05) is 37.4 Å². The standard InChI is InChI=1S/C15H16O3S/c1-9-7-11(17-3)5-6-12(9)13-10(2)8-19-14(13)15(16)18-4/h5-8H,1-4H3. The predicted octanol–water partition coefficient (Wildman–Crippen LogP) is 3.83. The molecule has 3 nitrogen and oxygen atoms in total. The summed E-state index contributed by atoms with van der Waals surface area (Å²) in [6.45, 7) is 4.01. The number of hydrogen-bond acceptors (Lipinski definition) is 4. The van der Waals surface area contributed by atoms with Crippen LogP contribution in [0.4, 0.5) is 0 Å². The average Bonchev–Trinajstić information content (AvgIpc) is 2.79. The molecule has 0 radical (unpaired) electrons. The van der Waals surface area contributed by atoms with Crippen molar-refractivity contribution in [3.05, 3.63) is 39.6 Å². The number of carbonyl (C=O) groups is 1. The summed E-state index contributed by atoms with van der Waals surface area (Å²) in [7, 11) is 3.05. The molecule has 2 aromatic rings. The van der Waals surface area contributed by atoms with Crippen LogP contribution >= 0.6 is 11.3 Å². The third kappa shape index (κ3) is 2.49. The van der Waals surface area contributed by atoms with Crippen molar-refractivity contribution in [1.82, 2.24) is 0 Å². The molecule has 1 heterocycles. The van der Waals surface area contributed by atoms with E-state index in [1.165, 1.54) is 18.4 Å². The number of hydrogen-bond donors (Lipinski definition) is 0. The Labute approximate surface area is 116 Å². The Kier molecular flexibility index (Phi) is 3.90. The van der Waals surface area contributed by atoms with Gasteiger partial charge in [-0.2, -0.15) is 0 Å². The van der Waals surface area contributed by atoms with Crippen LogP contribution in [0.15, 0.2) is 23.6 Å². The topological polar surface area (TPSA) is 35.5 Å². The minimum absolute atomic E-state index is 0.289. The van der Waals surface area contributed by atoms with Crippen LogP contribution in [0.25, 0.3) is 11.1 Å². The van der Waals surface area contributed by atoms with Crippen molar-refractivity contribution >= 4 is 17.3 Å². The molecule has 0 saturated heterocycles. The van der Waals surface area contributed by atoms with Crippen LogP contribution < -0.4 is 4.74 Å². The van der Waals surface area contributed by atoms with Crippen LogP contribution in [-0.4, -0.2) is 20.2 Å². The molecule has 0 atom stereocenters. The Balaban J connectivity index is 2.58. The van der Waals surface area contributed by atoms with Gasteiger partial charge in [0, 0.05) is 5.56 Å². The van der Waals surface area contributed by atoms with Gasteiger partial charge in [0.1, 0.15) is 10.6 Å². The van der Waals surface area contributed by atoms with Gasteiger partial charge < -0.3 is 9.47 Å². The van der Waals surface area contributed by atoms with Crippen LogP contribution in [-0.2, 0) is 4.74 Å². The molecule has 0 bridgehead atoms. The van der Waals surface area contributed by atoms with Crippen LogP contribution in [0.5, 0.6) is 5.75 Å². The van der Waals surface area contributed by atoms with Crippen molar-refractivity contribution in [2.24, 2.45) is 0 Å². The van der Waals surface area contributed by atoms with E-state index >= 15 is 0 Å². The number of thiophene rings is 1. The van der Waals surface area contributed by atoms with Gasteiger partial charge in [0.25, 0.3) is 0 Å². The van der Waals surface area contributed by atoms with Gasteiger partial charge in [-0.15, -0.1) is 11.3 Å². The third-order valence-electron chi connectivity index (χ3n) is 3.05. The van der Waals surface area contributed by atoms with Crippen LogP contribution in [0.3, 0.4) is 0 Å². The quantitative estimate of drug-likeness (QED) is 0.799. The zero-order chi connectivity index (χ0) is 14.0. The van der Waals surface area contributed by atoms with Gasteiger partial charge in [0.05, 0.1) is 14.2 Å². The Morgan fingerprint density at radius 1 is 1.16 bits per heavy atom. The summed E-state index contributed by atoms with van der Waals surface area (Å²) >= 11 is 1.42. The zero-order valence-corrected chi connectivity index (χ0v) is 12.3. The van der Waals surface area contributed by atoms with Gasteiger partial charge in [-0.3, -0.25) is 0 Å². The third-order valence-corrected chi connectivity index (χ3v) is 4.13. The molecule has 0 aliphatic heterocycles. The van der Waals surface area contributed by atoms with Gasteiger partial charge in [0.15, 0.2) is 0 Å². The summed E-state index contributed by atoms with van der Waals surface area (Å²) in [5.41, 5.74) is 4.15. The fraction of sp³-hybridized carbons (Fsp3) is 0.267. The molecular formula is C15H16O3S. The van der Waals surface area contributed by atoms with Gasteiger partial charge in [-0.05, 0) is 48.1 Å². The van der Waals surface area contributed by atoms with Crippen molar-refractivity contribution < 1.29 is 14.3 Å². The highest BCUT2D eigenvalue weighted by Crippen LogP contribution is 2.36. The van der Waals surface area contributed by atoms with E-state index in [9.17, 15) is 4.79 Å². The Morgan fingerprint density at radius 2 is 1.89 bits per heavy atom. The summed E-state index contributed by atoms with van der Waals surface area (Å²) in [4.78, 5) is 12.5. The second-order valence-corrected chi connectivity index (χ2v) is 5.17. The zero-order valence-electron chi connectivity index (χ0n) is 11.4. The van der Waals surface area contributed by atoms with E-state index in [2.05, 4.69) is 0 Å². The number of carbonyl (C=O) groups excluding carboxylic acids is 1. The van der Waals surface area contributed by atoms with Crippen molar-refractivity contribution in [2.75, 3.05) is 14.2 Å². The molecule has 2 rings (SSSR count). The lowest BCUT2D eigenvalue weighted by Crippen LogP contribution is -2.01. The maximum atomic E-state index is 11.8. The van der Waals surface area contributed by atoms with Crippen molar-refractivity contribution in [1.29, 1.82) is 0 Å². The lowest BCUT2D eigenvalue weighted by atomic mass is 9.98. The van der Waals surface area contributed by atoms with Crippen molar-refractivity contribution in [3.63, 3.8) is 0 Å². The fourth-order valence-corrected chi connectivity index (χ4v) is 3.05. The van der Waals surface area contributed by atoms with Crippen LogP contribution in [0.2, 0.25) is 0 Å². The summed E-state index contributed by atoms with van der Waals surface area (Å²) in [5, 5.41) is 1.98. The maximum Gasteiger partial charge on any atom is 0.348 e. The summed E-state index contributed by atoms with van der Waals surface area (Å²) in [6, 6.07) is 5.85. The molecule has 100 valence electrons. The monoisotopic (exact) mass is 276 g/mol. The van der Waals surface area contributed by atoms with E-state index in [4.69, 9.17) is 9.47 Å². The summed E-state index contributed by atoms with van der Waals surface area (Å²) in [5.74, 6) is 0.525. The highest BCUT2D eigenvalue weighted by molar-refractivity contribution is 7.12. The van der Waals surface area contributed by atoms with Crippen molar-refractivity contribution in [3.8, 4) is 16.9 Å². The molecule has 0 amide bonds. The van der Waals surface area contributed by atoms with E-state index in [0.29, 0.717) is 4.88 Å². The Bertz CT molecular complexity index is 614. The lowest BCUT2D eigenvalue weighted by molar-refractivity contribution is 0.0607. The number of rotatable bonds is 3. The first-order valence-corrected chi connectivity index (χ1v) is 6.78. The largest absolute Gasteiger partial charge is 0.497 e. The van der Waals surface area contributed by atoms with Crippen molar-refractivity contribution in [2.45, 2.75) is 13.8 Å². The molecular weight excluding hydrogens is 260 g/mol. The molecule has 0 aliphatic carbocycles. The number of methoxy groups -OCH3 is 2. The van der Waals surface area contributed by atoms with Crippen LogP contribution in [0, 0.1) is 13.8 Å². The van der Waals surface area contributed by atoms with E-state index in [1.54, 1.807) is 7.11 Å². The molecule has 4 heteroatoms.